The standard InChI is InChI=1S/C18H22N2O4/c1-14-6-3-4-7-16(14)23-13-18(22-2)8-5-9-20(12-18)17(21)15-10-19-24-11-15/h3-4,6-7,10-11H,5,8-9,12-13H2,1-2H3/t18-/m1/s1. The monoisotopic (exact) mass is 330 g/mol. The Morgan fingerprint density at radius 1 is 1.42 bits per heavy atom. The normalized spacial score (nSPS) is 20.8. The van der Waals surface area contributed by atoms with Crippen LogP contribution >= 0.6 is 0 Å². The van der Waals surface area contributed by atoms with Crippen molar-refractivity contribution >= 4 is 5.91 Å². The number of aryl methyl sites for hydroxylation is 1. The highest BCUT2D eigenvalue weighted by Crippen LogP contribution is 2.28. The first-order valence-corrected chi connectivity index (χ1v) is 8.06. The summed E-state index contributed by atoms with van der Waals surface area (Å²) in [7, 11) is 1.68. The smallest absolute Gasteiger partial charge is 0.258 e. The van der Waals surface area contributed by atoms with Crippen molar-refractivity contribution in [2.24, 2.45) is 0 Å². The molecule has 3 rings (SSSR count). The fourth-order valence-corrected chi connectivity index (χ4v) is 3.04. The van der Waals surface area contributed by atoms with Crippen LogP contribution in [0, 0.1) is 6.92 Å². The summed E-state index contributed by atoms with van der Waals surface area (Å²) in [5.41, 5.74) is 1.03. The van der Waals surface area contributed by atoms with E-state index < -0.39 is 5.60 Å². The lowest BCUT2D eigenvalue weighted by Crippen LogP contribution is -2.54. The van der Waals surface area contributed by atoms with E-state index in [2.05, 4.69) is 5.16 Å². The maximum atomic E-state index is 12.5. The topological polar surface area (TPSA) is 64.8 Å². The molecule has 0 spiro atoms. The lowest BCUT2D eigenvalue weighted by Gasteiger charge is -2.41. The van der Waals surface area contributed by atoms with Gasteiger partial charge in [-0.3, -0.25) is 4.79 Å². The zero-order valence-electron chi connectivity index (χ0n) is 14.0. The second kappa shape index (κ2) is 7.05. The predicted octanol–water partition coefficient (Wildman–Crippen LogP) is 2.68. The molecule has 2 aromatic rings. The Balaban J connectivity index is 1.69. The molecule has 1 aromatic heterocycles. The van der Waals surface area contributed by atoms with Gasteiger partial charge in [0, 0.05) is 13.7 Å². The van der Waals surface area contributed by atoms with Crippen molar-refractivity contribution in [3.63, 3.8) is 0 Å². The van der Waals surface area contributed by atoms with Gasteiger partial charge in [-0.15, -0.1) is 0 Å². The number of benzene rings is 1. The fourth-order valence-electron chi connectivity index (χ4n) is 3.04. The highest BCUT2D eigenvalue weighted by atomic mass is 16.5. The molecule has 1 aromatic carbocycles. The third-order valence-corrected chi connectivity index (χ3v) is 4.52. The number of para-hydroxylation sites is 1. The summed E-state index contributed by atoms with van der Waals surface area (Å²) in [6.07, 6.45) is 4.52. The largest absolute Gasteiger partial charge is 0.490 e. The molecule has 1 amide bonds. The average Bonchev–Trinajstić information content (AvgIpc) is 3.15. The highest BCUT2D eigenvalue weighted by Gasteiger charge is 2.38. The Morgan fingerprint density at radius 2 is 2.25 bits per heavy atom. The van der Waals surface area contributed by atoms with Crippen LogP contribution in [0.15, 0.2) is 41.2 Å². The Morgan fingerprint density at radius 3 is 2.96 bits per heavy atom. The Bertz CT molecular complexity index is 686. The van der Waals surface area contributed by atoms with Crippen LogP contribution in [0.5, 0.6) is 5.75 Å². The van der Waals surface area contributed by atoms with E-state index in [1.54, 1.807) is 12.0 Å². The summed E-state index contributed by atoms with van der Waals surface area (Å²) in [5, 5.41) is 3.60. The van der Waals surface area contributed by atoms with E-state index in [1.807, 2.05) is 31.2 Å². The van der Waals surface area contributed by atoms with Crippen LogP contribution in [-0.4, -0.2) is 48.4 Å². The van der Waals surface area contributed by atoms with Crippen molar-refractivity contribution in [3.8, 4) is 5.75 Å². The van der Waals surface area contributed by atoms with Gasteiger partial charge in [-0.25, -0.2) is 0 Å². The third kappa shape index (κ3) is 3.43. The minimum atomic E-state index is -0.507. The molecule has 128 valence electrons. The van der Waals surface area contributed by atoms with E-state index >= 15 is 0 Å². The van der Waals surface area contributed by atoms with Gasteiger partial charge in [0.2, 0.25) is 0 Å². The van der Waals surface area contributed by atoms with Crippen molar-refractivity contribution in [2.75, 3.05) is 26.8 Å². The maximum Gasteiger partial charge on any atom is 0.258 e. The van der Waals surface area contributed by atoms with Gasteiger partial charge in [-0.2, -0.15) is 0 Å². The first-order valence-electron chi connectivity index (χ1n) is 8.06. The molecule has 1 aliphatic heterocycles. The number of amides is 1. The van der Waals surface area contributed by atoms with Gasteiger partial charge in [0.05, 0.1) is 18.3 Å². The van der Waals surface area contributed by atoms with Crippen LogP contribution in [0.2, 0.25) is 0 Å². The number of rotatable bonds is 5. The molecule has 6 nitrogen and oxygen atoms in total. The van der Waals surface area contributed by atoms with E-state index in [0.717, 1.165) is 24.2 Å². The van der Waals surface area contributed by atoms with E-state index in [9.17, 15) is 4.79 Å². The molecular weight excluding hydrogens is 308 g/mol. The zero-order valence-corrected chi connectivity index (χ0v) is 14.0. The molecule has 1 atom stereocenters. The lowest BCUT2D eigenvalue weighted by atomic mass is 9.93. The number of piperidine rings is 1. The maximum absolute atomic E-state index is 12.5. The number of likely N-dealkylation sites (tertiary alicyclic amines) is 1. The number of carbonyl (C=O) groups is 1. The SMILES string of the molecule is CO[C@]1(COc2ccccc2C)CCCN(C(=O)c2cnoc2)C1. The molecule has 1 fully saturated rings. The van der Waals surface area contributed by atoms with Gasteiger partial charge in [-0.05, 0) is 31.4 Å². The molecule has 2 heterocycles. The number of ether oxygens (including phenoxy) is 2. The van der Waals surface area contributed by atoms with Gasteiger partial charge < -0.3 is 18.9 Å². The van der Waals surface area contributed by atoms with Gasteiger partial charge in [-0.1, -0.05) is 23.4 Å². The second-order valence-corrected chi connectivity index (χ2v) is 6.18. The van der Waals surface area contributed by atoms with E-state index in [-0.39, 0.29) is 5.91 Å². The molecule has 1 saturated heterocycles. The minimum absolute atomic E-state index is 0.0896. The number of methoxy groups -OCH3 is 1. The number of hydrogen-bond donors (Lipinski definition) is 0. The van der Waals surface area contributed by atoms with E-state index in [0.29, 0.717) is 25.3 Å². The zero-order chi connectivity index (χ0) is 17.0. The summed E-state index contributed by atoms with van der Waals surface area (Å²) in [6, 6.07) is 7.89. The first-order chi connectivity index (χ1) is 11.6. The quantitative estimate of drug-likeness (QED) is 0.843. The molecule has 0 aliphatic carbocycles. The third-order valence-electron chi connectivity index (χ3n) is 4.52. The molecule has 1 aliphatic rings. The van der Waals surface area contributed by atoms with Crippen molar-refractivity contribution in [2.45, 2.75) is 25.4 Å². The van der Waals surface area contributed by atoms with Crippen molar-refractivity contribution in [1.82, 2.24) is 10.1 Å². The van der Waals surface area contributed by atoms with Crippen molar-refractivity contribution < 1.29 is 18.8 Å². The molecule has 6 heteroatoms. The molecule has 0 saturated carbocycles. The molecule has 0 radical (unpaired) electrons. The Kier molecular flexibility index (Phi) is 4.85. The van der Waals surface area contributed by atoms with Crippen LogP contribution in [0.3, 0.4) is 0 Å². The number of carbonyl (C=O) groups excluding carboxylic acids is 1. The minimum Gasteiger partial charge on any atom is -0.490 e. The van der Waals surface area contributed by atoms with Crippen LogP contribution < -0.4 is 4.74 Å². The summed E-state index contributed by atoms with van der Waals surface area (Å²) < 4.78 is 16.5. The molecule has 0 bridgehead atoms. The molecule has 0 N–H and O–H groups in total. The van der Waals surface area contributed by atoms with E-state index in [4.69, 9.17) is 14.0 Å². The van der Waals surface area contributed by atoms with E-state index in [1.165, 1.54) is 12.5 Å². The van der Waals surface area contributed by atoms with Crippen LogP contribution in [0.4, 0.5) is 0 Å². The predicted molar refractivity (Wildman–Crippen MR) is 88.1 cm³/mol. The number of aromatic nitrogens is 1. The lowest BCUT2D eigenvalue weighted by molar-refractivity contribution is -0.0825. The van der Waals surface area contributed by atoms with Gasteiger partial charge in [0.1, 0.15) is 24.2 Å². The summed E-state index contributed by atoms with van der Waals surface area (Å²) in [4.78, 5) is 14.3. The summed E-state index contributed by atoms with van der Waals surface area (Å²) in [5.74, 6) is 0.754. The fraction of sp³-hybridized carbons (Fsp3) is 0.444. The number of hydrogen-bond acceptors (Lipinski definition) is 5. The van der Waals surface area contributed by atoms with Crippen LogP contribution in [-0.2, 0) is 4.74 Å². The van der Waals surface area contributed by atoms with Crippen LogP contribution in [0.1, 0.15) is 28.8 Å². The average molecular weight is 330 g/mol. The van der Waals surface area contributed by atoms with Crippen molar-refractivity contribution in [1.29, 1.82) is 0 Å². The summed E-state index contributed by atoms with van der Waals surface area (Å²) in [6.45, 7) is 3.60. The van der Waals surface area contributed by atoms with Gasteiger partial charge >= 0.3 is 0 Å². The second-order valence-electron chi connectivity index (χ2n) is 6.18. The number of nitrogens with zero attached hydrogens (tertiary/aromatic N) is 2. The summed E-state index contributed by atoms with van der Waals surface area (Å²) >= 11 is 0. The molecule has 24 heavy (non-hydrogen) atoms. The first kappa shape index (κ1) is 16.5. The van der Waals surface area contributed by atoms with Crippen molar-refractivity contribution in [3.05, 3.63) is 47.9 Å². The van der Waals surface area contributed by atoms with Crippen LogP contribution in [0.25, 0.3) is 0 Å². The Hall–Kier alpha value is -2.34. The highest BCUT2D eigenvalue weighted by molar-refractivity contribution is 5.93. The Labute approximate surface area is 141 Å². The molecular formula is C18H22N2O4. The van der Waals surface area contributed by atoms with Gasteiger partial charge in [0.25, 0.3) is 5.91 Å². The molecule has 0 unspecified atom stereocenters. The van der Waals surface area contributed by atoms with Gasteiger partial charge in [0.15, 0.2) is 0 Å².